The first-order valence-corrected chi connectivity index (χ1v) is 19.2. The number of nitriles is 1. The van der Waals surface area contributed by atoms with Crippen LogP contribution in [-0.4, -0.2) is 89.4 Å². The molecule has 0 radical (unpaired) electrons. The van der Waals surface area contributed by atoms with E-state index in [4.69, 9.17) is 16.3 Å². The molecular formula is C36H44ClFN8O3S. The largest absolute Gasteiger partial charge is 0.433 e. The van der Waals surface area contributed by atoms with E-state index in [0.29, 0.717) is 61.0 Å². The van der Waals surface area contributed by atoms with Gasteiger partial charge in [-0.3, -0.25) is 9.80 Å². The Hall–Kier alpha value is -3.67. The molecule has 4 aromatic rings. The highest BCUT2D eigenvalue weighted by Gasteiger charge is 2.43. The molecule has 0 saturated carbocycles. The van der Waals surface area contributed by atoms with Crippen molar-refractivity contribution in [2.24, 2.45) is 13.0 Å². The Balaban J connectivity index is 1.04. The van der Waals surface area contributed by atoms with Gasteiger partial charge >= 0.3 is 0 Å². The van der Waals surface area contributed by atoms with Crippen molar-refractivity contribution in [1.82, 2.24) is 28.6 Å². The van der Waals surface area contributed by atoms with Gasteiger partial charge in [-0.05, 0) is 107 Å². The number of aryl methyl sites for hydroxylation is 2. The lowest BCUT2D eigenvalue weighted by molar-refractivity contribution is 0.161. The monoisotopic (exact) mass is 722 g/mol. The molecule has 3 aliphatic rings. The van der Waals surface area contributed by atoms with Gasteiger partial charge in [-0.2, -0.15) is 5.26 Å². The van der Waals surface area contributed by atoms with E-state index in [1.807, 2.05) is 17.7 Å². The van der Waals surface area contributed by atoms with Crippen LogP contribution in [0.15, 0.2) is 42.7 Å². The summed E-state index contributed by atoms with van der Waals surface area (Å²) in [5.41, 5.74) is 4.13. The number of nitrogens with zero attached hydrogens (tertiary/aromatic N) is 7. The Labute approximate surface area is 298 Å². The van der Waals surface area contributed by atoms with Crippen LogP contribution >= 0.6 is 11.6 Å². The van der Waals surface area contributed by atoms with Crippen molar-refractivity contribution >= 4 is 38.3 Å². The van der Waals surface area contributed by atoms with Gasteiger partial charge < -0.3 is 18.8 Å². The summed E-state index contributed by atoms with van der Waals surface area (Å²) in [4.78, 5) is 11.7. The molecule has 0 amide bonds. The normalized spacial score (nSPS) is 21.2. The number of hydrogen-bond donors (Lipinski definition) is 1. The standard InChI is InChI=1S/C36H44ClFN8O3S/c1-23(43-13-10-29(11-14-43)50(47,48)40-3)18-46-28(17-39)16-30-24(2)25(5-7-32(30)46)19-44-12-9-26-20-45(21-33(26)44)36-35(41-22-42(36)4)49-34-8-6-27(37)15-31(34)38/h5-8,15-16,22-23,26,29,33,40H,9-14,18-21H2,1-4H3. The minimum atomic E-state index is -3.27. The Morgan fingerprint density at radius 3 is 2.64 bits per heavy atom. The van der Waals surface area contributed by atoms with Crippen LogP contribution in [0.5, 0.6) is 11.6 Å². The number of nitrogens with one attached hydrogen (secondary N) is 1. The molecule has 7 rings (SSSR count). The van der Waals surface area contributed by atoms with E-state index in [1.165, 1.54) is 30.3 Å². The summed E-state index contributed by atoms with van der Waals surface area (Å²) in [5.74, 6) is 1.26. The number of likely N-dealkylation sites (tertiary alicyclic amines) is 2. The van der Waals surface area contributed by atoms with E-state index in [0.717, 1.165) is 49.3 Å². The van der Waals surface area contributed by atoms with Crippen LogP contribution in [0.25, 0.3) is 10.9 Å². The Bertz CT molecular complexity index is 2050. The topological polar surface area (TPSA) is 112 Å². The molecule has 3 atom stereocenters. The zero-order valence-corrected chi connectivity index (χ0v) is 30.5. The molecule has 14 heteroatoms. The quantitative estimate of drug-likeness (QED) is 0.236. The lowest BCUT2D eigenvalue weighted by atomic mass is 10.0. The zero-order chi connectivity index (χ0) is 35.3. The lowest BCUT2D eigenvalue weighted by Gasteiger charge is -2.36. The molecule has 3 unspecified atom stereocenters. The summed E-state index contributed by atoms with van der Waals surface area (Å²) >= 11 is 5.94. The molecule has 0 bridgehead atoms. The SMILES string of the molecule is CNS(=O)(=O)C1CCN(C(C)Cn2c(C#N)cc3c(C)c(CN4CCC5CN(c6c(Oc7ccc(Cl)cc7F)ncn6C)CC54)ccc32)CC1. The summed E-state index contributed by atoms with van der Waals surface area (Å²) < 4.78 is 51.7. The van der Waals surface area contributed by atoms with Gasteiger partial charge in [0, 0.05) is 61.2 Å². The first-order valence-electron chi connectivity index (χ1n) is 17.3. The first-order chi connectivity index (χ1) is 24.0. The van der Waals surface area contributed by atoms with Crippen molar-refractivity contribution in [3.05, 3.63) is 70.4 Å². The van der Waals surface area contributed by atoms with Crippen LogP contribution in [0.4, 0.5) is 10.2 Å². The fraction of sp³-hybridized carbons (Fsp3) is 0.500. The van der Waals surface area contributed by atoms with Gasteiger partial charge in [0.1, 0.15) is 18.1 Å². The summed E-state index contributed by atoms with van der Waals surface area (Å²) in [7, 11) is 0.143. The van der Waals surface area contributed by atoms with Crippen LogP contribution < -0.4 is 14.4 Å². The summed E-state index contributed by atoms with van der Waals surface area (Å²) in [6, 6.07) is 13.7. The maximum Gasteiger partial charge on any atom is 0.262 e. The van der Waals surface area contributed by atoms with Crippen molar-refractivity contribution in [3.8, 4) is 17.7 Å². The van der Waals surface area contributed by atoms with Gasteiger partial charge in [-0.1, -0.05) is 17.7 Å². The highest BCUT2D eigenvalue weighted by Crippen LogP contribution is 2.40. The highest BCUT2D eigenvalue weighted by atomic mass is 35.5. The predicted molar refractivity (Wildman–Crippen MR) is 193 cm³/mol. The van der Waals surface area contributed by atoms with E-state index in [2.05, 4.69) is 61.0 Å². The molecule has 0 spiro atoms. The van der Waals surface area contributed by atoms with Gasteiger partial charge in [-0.25, -0.2) is 22.5 Å². The second kappa shape index (κ2) is 13.8. The van der Waals surface area contributed by atoms with Crippen LogP contribution in [0.1, 0.15) is 43.0 Å². The average molecular weight is 723 g/mol. The smallest absolute Gasteiger partial charge is 0.262 e. The fourth-order valence-corrected chi connectivity index (χ4v) is 9.61. The molecule has 3 aliphatic heterocycles. The van der Waals surface area contributed by atoms with Crippen molar-refractivity contribution < 1.29 is 17.5 Å². The van der Waals surface area contributed by atoms with Gasteiger partial charge in [-0.15, -0.1) is 0 Å². The molecule has 11 nitrogen and oxygen atoms in total. The Morgan fingerprint density at radius 2 is 1.92 bits per heavy atom. The molecule has 2 aromatic heterocycles. The zero-order valence-electron chi connectivity index (χ0n) is 28.9. The van der Waals surface area contributed by atoms with Gasteiger partial charge in [0.05, 0.1) is 5.25 Å². The molecule has 266 valence electrons. The third kappa shape index (κ3) is 6.48. The van der Waals surface area contributed by atoms with Crippen molar-refractivity contribution in [1.29, 1.82) is 5.26 Å². The van der Waals surface area contributed by atoms with Gasteiger partial charge in [0.15, 0.2) is 17.4 Å². The molecule has 0 aliphatic carbocycles. The molecule has 3 saturated heterocycles. The minimum Gasteiger partial charge on any atom is -0.433 e. The molecule has 2 aromatic carbocycles. The van der Waals surface area contributed by atoms with Crippen molar-refractivity contribution in [2.45, 2.75) is 63.5 Å². The fourth-order valence-electron chi connectivity index (χ4n) is 8.29. The third-order valence-electron chi connectivity index (χ3n) is 11.2. The van der Waals surface area contributed by atoms with E-state index < -0.39 is 15.8 Å². The molecule has 3 fully saturated rings. The van der Waals surface area contributed by atoms with Crippen molar-refractivity contribution in [3.63, 3.8) is 0 Å². The Kier molecular flexibility index (Phi) is 9.60. The van der Waals surface area contributed by atoms with Crippen LogP contribution in [0.3, 0.4) is 0 Å². The number of hydrogen-bond acceptors (Lipinski definition) is 8. The molecule has 50 heavy (non-hydrogen) atoms. The number of ether oxygens (including phenoxy) is 1. The number of imidazole rings is 1. The molecule has 5 heterocycles. The summed E-state index contributed by atoms with van der Waals surface area (Å²) in [6.45, 7) is 9.91. The summed E-state index contributed by atoms with van der Waals surface area (Å²) in [5, 5.41) is 11.2. The highest BCUT2D eigenvalue weighted by molar-refractivity contribution is 7.90. The van der Waals surface area contributed by atoms with E-state index in [9.17, 15) is 18.1 Å². The second-order valence-electron chi connectivity index (χ2n) is 14.0. The minimum absolute atomic E-state index is 0.0894. The van der Waals surface area contributed by atoms with Crippen LogP contribution in [0.2, 0.25) is 5.02 Å². The molecular weight excluding hydrogens is 679 g/mol. The van der Waals surface area contributed by atoms with E-state index >= 15 is 0 Å². The van der Waals surface area contributed by atoms with E-state index in [-0.39, 0.29) is 17.0 Å². The Morgan fingerprint density at radius 1 is 1.14 bits per heavy atom. The maximum atomic E-state index is 14.6. The lowest BCUT2D eigenvalue weighted by Crippen LogP contribution is -2.46. The van der Waals surface area contributed by atoms with E-state index in [1.54, 1.807) is 12.4 Å². The number of sulfonamides is 1. The second-order valence-corrected chi connectivity index (χ2v) is 16.6. The van der Waals surface area contributed by atoms with Gasteiger partial charge in [0.25, 0.3) is 5.88 Å². The third-order valence-corrected chi connectivity index (χ3v) is 13.3. The molecule has 1 N–H and O–H groups in total. The predicted octanol–water partition coefficient (Wildman–Crippen LogP) is 5.25. The number of rotatable bonds is 10. The first kappa shape index (κ1) is 34.8. The number of aromatic nitrogens is 3. The van der Waals surface area contributed by atoms with Crippen molar-refractivity contribution in [2.75, 3.05) is 44.7 Å². The van der Waals surface area contributed by atoms with Crippen LogP contribution in [-0.2, 0) is 30.2 Å². The number of halogens is 2. The number of benzene rings is 2. The summed E-state index contributed by atoms with van der Waals surface area (Å²) in [6.07, 6.45) is 3.99. The number of piperidine rings is 1. The maximum absolute atomic E-state index is 14.6. The number of anilines is 1. The number of fused-ring (bicyclic) bond motifs is 2. The van der Waals surface area contributed by atoms with Crippen LogP contribution in [0, 0.1) is 30.0 Å². The average Bonchev–Trinajstić information content (AvgIpc) is 3.87. The van der Waals surface area contributed by atoms with Gasteiger partial charge in [0.2, 0.25) is 10.0 Å².